The lowest BCUT2D eigenvalue weighted by Gasteiger charge is -2.44. The van der Waals surface area contributed by atoms with Crippen LogP contribution in [-0.2, 0) is 12.8 Å². The number of hydrogen-bond donors (Lipinski definition) is 0. The zero-order chi connectivity index (χ0) is 29.5. The molecular formula is C41H30BN3. The van der Waals surface area contributed by atoms with Gasteiger partial charge in [0.2, 0.25) is 0 Å². The Kier molecular flexibility index (Phi) is 5.27. The van der Waals surface area contributed by atoms with Crippen LogP contribution in [0.1, 0.15) is 17.7 Å². The lowest BCUT2D eigenvalue weighted by atomic mass is 9.33. The fraction of sp³-hybridized carbons (Fsp3) is 0.0732. The van der Waals surface area contributed by atoms with Crippen molar-refractivity contribution >= 4 is 68.1 Å². The highest BCUT2D eigenvalue weighted by Crippen LogP contribution is 2.44. The van der Waals surface area contributed by atoms with Gasteiger partial charge in [-0.1, -0.05) is 84.9 Å². The van der Waals surface area contributed by atoms with Crippen molar-refractivity contribution in [3.63, 3.8) is 0 Å². The molecule has 0 radical (unpaired) electrons. The summed E-state index contributed by atoms with van der Waals surface area (Å²) in [6, 6.07) is 53.7. The van der Waals surface area contributed by atoms with Gasteiger partial charge in [-0.15, -0.1) is 0 Å². The summed E-state index contributed by atoms with van der Waals surface area (Å²) in [5.41, 5.74) is 16.9. The van der Waals surface area contributed by atoms with Gasteiger partial charge in [0, 0.05) is 50.9 Å². The van der Waals surface area contributed by atoms with Gasteiger partial charge in [-0.05, 0) is 102 Å². The summed E-state index contributed by atoms with van der Waals surface area (Å²) in [5.74, 6) is 0. The van der Waals surface area contributed by atoms with Crippen molar-refractivity contribution in [2.24, 2.45) is 0 Å². The fourth-order valence-corrected chi connectivity index (χ4v) is 8.35. The van der Waals surface area contributed by atoms with Crippen molar-refractivity contribution in [2.75, 3.05) is 9.80 Å². The lowest BCUT2D eigenvalue weighted by Crippen LogP contribution is -2.61. The van der Waals surface area contributed by atoms with Gasteiger partial charge in [0.1, 0.15) is 0 Å². The molecule has 0 fully saturated rings. The minimum Gasteiger partial charge on any atom is -0.313 e. The smallest absolute Gasteiger partial charge is 0.252 e. The van der Waals surface area contributed by atoms with E-state index in [9.17, 15) is 0 Å². The first-order valence-corrected chi connectivity index (χ1v) is 16.0. The molecule has 2 aliphatic heterocycles. The summed E-state index contributed by atoms with van der Waals surface area (Å²) in [6.45, 7) is 0.128. The van der Waals surface area contributed by atoms with Crippen molar-refractivity contribution in [1.29, 1.82) is 0 Å². The number of rotatable bonds is 3. The molecule has 0 N–H and O–H groups in total. The maximum atomic E-state index is 2.54. The third-order valence-corrected chi connectivity index (χ3v) is 10.1. The van der Waals surface area contributed by atoms with E-state index in [1.165, 1.54) is 84.8 Å². The maximum absolute atomic E-state index is 2.54. The number of anilines is 6. The van der Waals surface area contributed by atoms with E-state index in [1.807, 2.05) is 0 Å². The quantitative estimate of drug-likeness (QED) is 0.197. The molecule has 1 aliphatic carbocycles. The van der Waals surface area contributed by atoms with Crippen LogP contribution >= 0.6 is 0 Å². The monoisotopic (exact) mass is 575 g/mol. The zero-order valence-electron chi connectivity index (χ0n) is 24.9. The molecule has 4 heteroatoms. The van der Waals surface area contributed by atoms with E-state index < -0.39 is 0 Å². The van der Waals surface area contributed by atoms with Gasteiger partial charge >= 0.3 is 0 Å². The first-order chi connectivity index (χ1) is 22.4. The second-order valence-electron chi connectivity index (χ2n) is 12.4. The van der Waals surface area contributed by atoms with E-state index >= 15 is 0 Å². The molecule has 3 heterocycles. The van der Waals surface area contributed by atoms with Crippen LogP contribution in [0.25, 0.3) is 16.6 Å². The number of nitrogens with zero attached hydrogens (tertiary/aromatic N) is 3. The zero-order valence-corrected chi connectivity index (χ0v) is 24.9. The molecule has 0 atom stereocenters. The molecule has 45 heavy (non-hydrogen) atoms. The maximum Gasteiger partial charge on any atom is 0.252 e. The minimum atomic E-state index is 0.128. The Labute approximate surface area is 263 Å². The first kappa shape index (κ1) is 24.9. The first-order valence-electron chi connectivity index (χ1n) is 16.0. The Balaban J connectivity index is 1.27. The van der Waals surface area contributed by atoms with Crippen LogP contribution < -0.4 is 26.2 Å². The van der Waals surface area contributed by atoms with Crippen LogP contribution in [0.5, 0.6) is 0 Å². The molecular weight excluding hydrogens is 545 g/mol. The average Bonchev–Trinajstić information content (AvgIpc) is 3.70. The molecule has 0 unspecified atom stereocenters. The fourth-order valence-electron chi connectivity index (χ4n) is 8.35. The van der Waals surface area contributed by atoms with Crippen LogP contribution in [0.2, 0.25) is 0 Å². The molecule has 10 rings (SSSR count). The van der Waals surface area contributed by atoms with Crippen LogP contribution in [0.4, 0.5) is 34.1 Å². The van der Waals surface area contributed by atoms with Crippen molar-refractivity contribution < 1.29 is 0 Å². The molecule has 0 spiro atoms. The van der Waals surface area contributed by atoms with Gasteiger partial charge in [0.05, 0.1) is 5.52 Å². The summed E-state index contributed by atoms with van der Waals surface area (Å²) >= 11 is 0. The summed E-state index contributed by atoms with van der Waals surface area (Å²) < 4.78 is 2.54. The molecule has 0 saturated heterocycles. The van der Waals surface area contributed by atoms with Gasteiger partial charge in [-0.25, -0.2) is 0 Å². The Hall–Kier alpha value is -5.48. The van der Waals surface area contributed by atoms with E-state index in [0.717, 1.165) is 12.8 Å². The van der Waals surface area contributed by atoms with Crippen molar-refractivity contribution in [1.82, 2.24) is 4.57 Å². The Bertz CT molecular complexity index is 2270. The van der Waals surface area contributed by atoms with Crippen LogP contribution in [0.3, 0.4) is 0 Å². The van der Waals surface area contributed by atoms with E-state index in [0.29, 0.717) is 0 Å². The largest absolute Gasteiger partial charge is 0.313 e. The summed E-state index contributed by atoms with van der Waals surface area (Å²) in [6.07, 6.45) is 3.52. The highest BCUT2D eigenvalue weighted by atomic mass is 15.2. The van der Waals surface area contributed by atoms with E-state index in [1.54, 1.807) is 0 Å². The van der Waals surface area contributed by atoms with Crippen LogP contribution in [0.15, 0.2) is 146 Å². The molecule has 3 nitrogen and oxygen atoms in total. The SMILES string of the molecule is c1ccc(N2c3ccccc3B3c4ccc(-n5c6c(c7ccccc75)CCC6)cc4N(c4ccccc4)c4cccc2c43)cc1. The summed E-state index contributed by atoms with van der Waals surface area (Å²) in [4.78, 5) is 4.94. The molecule has 0 bridgehead atoms. The minimum absolute atomic E-state index is 0.128. The van der Waals surface area contributed by atoms with E-state index in [4.69, 9.17) is 0 Å². The number of benzene rings is 6. The molecule has 0 saturated carbocycles. The number of aryl methyl sites for hydroxylation is 1. The second-order valence-corrected chi connectivity index (χ2v) is 12.4. The third kappa shape index (κ3) is 3.48. The highest BCUT2D eigenvalue weighted by Gasteiger charge is 2.43. The Morgan fingerprint density at radius 1 is 0.467 bits per heavy atom. The van der Waals surface area contributed by atoms with Gasteiger partial charge in [0.15, 0.2) is 0 Å². The average molecular weight is 576 g/mol. The topological polar surface area (TPSA) is 11.4 Å². The molecule has 1 aromatic heterocycles. The summed E-state index contributed by atoms with van der Waals surface area (Å²) in [5, 5.41) is 1.40. The summed E-state index contributed by atoms with van der Waals surface area (Å²) in [7, 11) is 0. The Morgan fingerprint density at radius 3 is 1.87 bits per heavy atom. The third-order valence-electron chi connectivity index (χ3n) is 10.1. The van der Waals surface area contributed by atoms with E-state index in [-0.39, 0.29) is 6.71 Å². The normalized spacial score (nSPS) is 14.3. The molecule has 7 aromatic rings. The van der Waals surface area contributed by atoms with Gasteiger partial charge in [-0.3, -0.25) is 0 Å². The second kappa shape index (κ2) is 9.51. The molecule has 6 aromatic carbocycles. The van der Waals surface area contributed by atoms with Gasteiger partial charge in [-0.2, -0.15) is 0 Å². The number of fused-ring (bicyclic) bond motifs is 7. The highest BCUT2D eigenvalue weighted by molar-refractivity contribution is 7.00. The van der Waals surface area contributed by atoms with Gasteiger partial charge < -0.3 is 14.4 Å². The standard InChI is InChI=1S/C41H30BN3/c1-3-13-28(14-4-1)43-37-21-10-8-19-33(37)42-34-26-25-30(45-35-20-9-7-17-31(35)32-18-11-22-36(32)45)27-40(34)44(29-15-5-2-6-16-29)39-24-12-23-38(43)41(39)42/h1-10,12-17,19-21,23-27H,11,18,22H2. The van der Waals surface area contributed by atoms with E-state index in [2.05, 4.69) is 160 Å². The van der Waals surface area contributed by atoms with Crippen molar-refractivity contribution in [2.45, 2.75) is 19.3 Å². The number of para-hydroxylation sites is 4. The number of hydrogen-bond acceptors (Lipinski definition) is 2. The molecule has 212 valence electrons. The number of aromatic nitrogens is 1. The van der Waals surface area contributed by atoms with Crippen molar-refractivity contribution in [3.05, 3.63) is 157 Å². The van der Waals surface area contributed by atoms with Crippen LogP contribution in [0, 0.1) is 0 Å². The molecule has 0 amide bonds. The molecule has 3 aliphatic rings. The lowest BCUT2D eigenvalue weighted by molar-refractivity contribution is 0.874. The van der Waals surface area contributed by atoms with Crippen molar-refractivity contribution in [3.8, 4) is 5.69 Å². The van der Waals surface area contributed by atoms with Crippen LogP contribution in [-0.4, -0.2) is 11.3 Å². The Morgan fingerprint density at radius 2 is 1.09 bits per heavy atom. The predicted octanol–water partition coefficient (Wildman–Crippen LogP) is 8.20. The van der Waals surface area contributed by atoms with Gasteiger partial charge in [0.25, 0.3) is 6.71 Å². The predicted molar refractivity (Wildman–Crippen MR) is 189 cm³/mol.